The van der Waals surface area contributed by atoms with Crippen LogP contribution in [0, 0.1) is 0 Å². The lowest BCUT2D eigenvalue weighted by molar-refractivity contribution is -0.115. The summed E-state index contributed by atoms with van der Waals surface area (Å²) in [5, 5.41) is 19.3. The molecule has 1 atom stereocenters. The minimum atomic E-state index is -0.769. The number of hydrogen-bond acceptors (Lipinski definition) is 6. The lowest BCUT2D eigenvalue weighted by Gasteiger charge is -2.33. The SMILES string of the molecule is CC(=O)Nc1cc(NC(C)=O)cc(C(=O)NCC(O)CN2CCC(Oc3ccc(Cl)c(Cl)c3)CC2)c1. The molecule has 194 valence electrons. The maximum absolute atomic E-state index is 12.7. The molecule has 3 rings (SSSR count). The summed E-state index contributed by atoms with van der Waals surface area (Å²) in [6.45, 7) is 4.65. The highest BCUT2D eigenvalue weighted by Gasteiger charge is 2.23. The van der Waals surface area contributed by atoms with Crippen LogP contribution in [0.1, 0.15) is 37.0 Å². The predicted octanol–water partition coefficient (Wildman–Crippen LogP) is 3.54. The number of nitrogens with zero attached hydrogens (tertiary/aromatic N) is 1. The normalized spacial score (nSPS) is 15.1. The number of carbonyl (C=O) groups excluding carboxylic acids is 3. The Morgan fingerprint density at radius 2 is 1.61 bits per heavy atom. The molecular weight excluding hydrogens is 507 g/mol. The molecule has 1 aliphatic heterocycles. The van der Waals surface area contributed by atoms with E-state index in [1.807, 2.05) is 0 Å². The second kappa shape index (κ2) is 12.9. The summed E-state index contributed by atoms with van der Waals surface area (Å²) in [5.41, 5.74) is 1.01. The Morgan fingerprint density at radius 3 is 2.17 bits per heavy atom. The Morgan fingerprint density at radius 1 is 1.00 bits per heavy atom. The smallest absolute Gasteiger partial charge is 0.251 e. The van der Waals surface area contributed by atoms with Gasteiger partial charge in [-0.3, -0.25) is 14.4 Å². The van der Waals surface area contributed by atoms with E-state index in [1.54, 1.807) is 24.3 Å². The second-order valence-electron chi connectivity index (χ2n) is 8.72. The first-order valence-corrected chi connectivity index (χ1v) is 12.3. The topological polar surface area (TPSA) is 120 Å². The molecule has 1 heterocycles. The van der Waals surface area contributed by atoms with E-state index in [0.29, 0.717) is 33.7 Å². The van der Waals surface area contributed by atoms with Gasteiger partial charge >= 0.3 is 0 Å². The number of halogens is 2. The largest absolute Gasteiger partial charge is 0.490 e. The molecule has 2 aromatic rings. The van der Waals surface area contributed by atoms with Gasteiger partial charge in [-0.15, -0.1) is 0 Å². The average molecular weight is 537 g/mol. The third-order valence-corrected chi connectivity index (χ3v) is 6.27. The molecule has 11 heteroatoms. The number of anilines is 2. The van der Waals surface area contributed by atoms with Crippen molar-refractivity contribution in [2.24, 2.45) is 0 Å². The van der Waals surface area contributed by atoms with E-state index in [9.17, 15) is 19.5 Å². The molecule has 0 aromatic heterocycles. The van der Waals surface area contributed by atoms with E-state index in [4.69, 9.17) is 27.9 Å². The highest BCUT2D eigenvalue weighted by Crippen LogP contribution is 2.28. The highest BCUT2D eigenvalue weighted by molar-refractivity contribution is 6.42. The predicted molar refractivity (Wildman–Crippen MR) is 140 cm³/mol. The minimum absolute atomic E-state index is 0.0454. The molecule has 9 nitrogen and oxygen atoms in total. The number of ether oxygens (including phenoxy) is 1. The summed E-state index contributed by atoms with van der Waals surface area (Å²) in [6, 6.07) is 9.77. The van der Waals surface area contributed by atoms with E-state index >= 15 is 0 Å². The maximum atomic E-state index is 12.7. The van der Waals surface area contributed by atoms with Gasteiger partial charge in [-0.05, 0) is 43.2 Å². The van der Waals surface area contributed by atoms with Crippen molar-refractivity contribution in [1.29, 1.82) is 0 Å². The van der Waals surface area contributed by atoms with Gasteiger partial charge in [0.2, 0.25) is 11.8 Å². The number of carbonyl (C=O) groups is 3. The summed E-state index contributed by atoms with van der Waals surface area (Å²) in [4.78, 5) is 37.6. The molecule has 1 aliphatic rings. The Balaban J connectivity index is 1.47. The number of piperidine rings is 1. The first-order chi connectivity index (χ1) is 17.1. The number of aliphatic hydroxyl groups excluding tert-OH is 1. The van der Waals surface area contributed by atoms with Crippen LogP contribution < -0.4 is 20.7 Å². The van der Waals surface area contributed by atoms with Crippen LogP contribution >= 0.6 is 23.2 Å². The van der Waals surface area contributed by atoms with E-state index in [0.717, 1.165) is 25.9 Å². The van der Waals surface area contributed by atoms with Gasteiger partial charge in [0.15, 0.2) is 0 Å². The molecule has 0 radical (unpaired) electrons. The second-order valence-corrected chi connectivity index (χ2v) is 9.53. The Kier molecular flexibility index (Phi) is 9.95. The molecule has 0 saturated carbocycles. The van der Waals surface area contributed by atoms with Crippen molar-refractivity contribution in [2.75, 3.05) is 36.8 Å². The van der Waals surface area contributed by atoms with Gasteiger partial charge in [-0.1, -0.05) is 23.2 Å². The zero-order valence-corrected chi connectivity index (χ0v) is 21.7. The molecule has 1 unspecified atom stereocenters. The zero-order valence-electron chi connectivity index (χ0n) is 20.1. The van der Waals surface area contributed by atoms with Crippen LogP contribution in [0.2, 0.25) is 10.0 Å². The molecular formula is C25H30Cl2N4O5. The van der Waals surface area contributed by atoms with Crippen molar-refractivity contribution < 1.29 is 24.2 Å². The average Bonchev–Trinajstić information content (AvgIpc) is 2.80. The van der Waals surface area contributed by atoms with E-state index in [-0.39, 0.29) is 30.0 Å². The van der Waals surface area contributed by atoms with Gasteiger partial charge in [-0.25, -0.2) is 0 Å². The fraction of sp³-hybridized carbons (Fsp3) is 0.400. The van der Waals surface area contributed by atoms with Crippen LogP contribution in [-0.4, -0.2) is 66.1 Å². The van der Waals surface area contributed by atoms with Crippen LogP contribution in [0.15, 0.2) is 36.4 Å². The molecule has 36 heavy (non-hydrogen) atoms. The van der Waals surface area contributed by atoms with Crippen molar-refractivity contribution >= 4 is 52.3 Å². The fourth-order valence-electron chi connectivity index (χ4n) is 3.94. The van der Waals surface area contributed by atoms with Crippen LogP contribution in [0.4, 0.5) is 11.4 Å². The van der Waals surface area contributed by atoms with Crippen molar-refractivity contribution in [3.05, 3.63) is 52.0 Å². The number of hydrogen-bond donors (Lipinski definition) is 4. The first-order valence-electron chi connectivity index (χ1n) is 11.6. The third kappa shape index (κ3) is 8.67. The molecule has 4 N–H and O–H groups in total. The summed E-state index contributed by atoms with van der Waals surface area (Å²) >= 11 is 12.0. The van der Waals surface area contributed by atoms with Crippen molar-refractivity contribution in [2.45, 2.75) is 38.9 Å². The maximum Gasteiger partial charge on any atom is 0.251 e. The summed E-state index contributed by atoms with van der Waals surface area (Å²) < 4.78 is 6.00. The number of benzene rings is 2. The van der Waals surface area contributed by atoms with Gasteiger partial charge in [-0.2, -0.15) is 0 Å². The van der Waals surface area contributed by atoms with Crippen LogP contribution in [-0.2, 0) is 9.59 Å². The van der Waals surface area contributed by atoms with Gasteiger partial charge in [0, 0.05) is 63.0 Å². The molecule has 0 bridgehead atoms. The zero-order chi connectivity index (χ0) is 26.2. The Labute approximate surface area is 220 Å². The van der Waals surface area contributed by atoms with Crippen molar-refractivity contribution in [3.8, 4) is 5.75 Å². The lowest BCUT2D eigenvalue weighted by Crippen LogP contribution is -2.45. The van der Waals surface area contributed by atoms with Gasteiger partial charge < -0.3 is 30.7 Å². The Hall–Kier alpha value is -2.85. The van der Waals surface area contributed by atoms with E-state index in [1.165, 1.54) is 26.0 Å². The number of rotatable bonds is 9. The monoisotopic (exact) mass is 536 g/mol. The summed E-state index contributed by atoms with van der Waals surface area (Å²) in [5.74, 6) is -0.359. The van der Waals surface area contributed by atoms with Gasteiger partial charge in [0.1, 0.15) is 11.9 Å². The van der Waals surface area contributed by atoms with Crippen LogP contribution in [0.5, 0.6) is 5.75 Å². The standard InChI is InChI=1S/C25H30Cl2N4O5/c1-15(32)29-18-9-17(10-19(11-18)30-16(2)33)25(35)28-13-20(34)14-31-7-5-21(6-8-31)36-22-3-4-23(26)24(27)12-22/h3-4,9-12,20-21,34H,5-8,13-14H2,1-2H3,(H,28,35)(H,29,32)(H,30,33). The van der Waals surface area contributed by atoms with Gasteiger partial charge in [0.05, 0.1) is 16.1 Å². The molecule has 1 saturated heterocycles. The fourth-order valence-corrected chi connectivity index (χ4v) is 4.23. The van der Waals surface area contributed by atoms with Crippen LogP contribution in [0.3, 0.4) is 0 Å². The number of nitrogens with one attached hydrogen (secondary N) is 3. The quantitative estimate of drug-likeness (QED) is 0.389. The third-order valence-electron chi connectivity index (χ3n) is 5.53. The van der Waals surface area contributed by atoms with Crippen molar-refractivity contribution in [1.82, 2.24) is 10.2 Å². The molecule has 0 aliphatic carbocycles. The van der Waals surface area contributed by atoms with E-state index in [2.05, 4.69) is 20.9 Å². The van der Waals surface area contributed by atoms with Crippen molar-refractivity contribution in [3.63, 3.8) is 0 Å². The number of β-amino-alcohol motifs (C(OH)–C–C–N with tert-alkyl or cyclic N) is 1. The summed E-state index contributed by atoms with van der Waals surface area (Å²) in [6.07, 6.45) is 0.862. The minimum Gasteiger partial charge on any atom is -0.490 e. The van der Waals surface area contributed by atoms with E-state index < -0.39 is 12.0 Å². The lowest BCUT2D eigenvalue weighted by atomic mass is 10.1. The number of amides is 3. The Bertz CT molecular complexity index is 1070. The highest BCUT2D eigenvalue weighted by atomic mass is 35.5. The summed E-state index contributed by atoms with van der Waals surface area (Å²) in [7, 11) is 0. The number of aliphatic hydroxyl groups is 1. The van der Waals surface area contributed by atoms with Crippen LogP contribution in [0.25, 0.3) is 0 Å². The molecule has 1 fully saturated rings. The van der Waals surface area contributed by atoms with Gasteiger partial charge in [0.25, 0.3) is 5.91 Å². The molecule has 0 spiro atoms. The first kappa shape index (κ1) is 27.7. The molecule has 2 aromatic carbocycles. The number of likely N-dealkylation sites (tertiary alicyclic amines) is 1. The molecule has 3 amide bonds.